The maximum absolute atomic E-state index is 12.7. The average molecular weight is 288 g/mol. The van der Waals surface area contributed by atoms with Crippen LogP contribution < -0.4 is 5.32 Å². The molecule has 1 aliphatic heterocycles. The third kappa shape index (κ3) is 3.65. The summed E-state index contributed by atoms with van der Waals surface area (Å²) in [6.07, 6.45) is 3.33. The third-order valence-corrected chi connectivity index (χ3v) is 4.45. The Morgan fingerprint density at radius 2 is 2.19 bits per heavy atom. The number of hydrogen-bond donors (Lipinski definition) is 1. The fraction of sp³-hybridized carbons (Fsp3) is 0.611. The van der Waals surface area contributed by atoms with Gasteiger partial charge in [0.05, 0.1) is 6.04 Å². The number of ketones is 1. The molecule has 2 unspecified atom stereocenters. The number of nitrogens with one attached hydrogen (secondary N) is 1. The zero-order valence-electron chi connectivity index (χ0n) is 13.8. The molecular formula is C18H28N2O. The van der Waals surface area contributed by atoms with E-state index in [0.29, 0.717) is 6.04 Å². The Bertz CT molecular complexity index is 498. The molecule has 0 radical (unpaired) electrons. The summed E-state index contributed by atoms with van der Waals surface area (Å²) in [5.41, 5.74) is 3.31. The molecule has 1 aromatic rings. The van der Waals surface area contributed by atoms with E-state index in [2.05, 4.69) is 43.1 Å². The summed E-state index contributed by atoms with van der Waals surface area (Å²) < 4.78 is 0. The number of carbonyl (C=O) groups is 1. The molecule has 2 rings (SSSR count). The maximum atomic E-state index is 12.7. The van der Waals surface area contributed by atoms with Crippen molar-refractivity contribution in [1.82, 2.24) is 4.90 Å². The van der Waals surface area contributed by atoms with Gasteiger partial charge in [-0.05, 0) is 63.5 Å². The van der Waals surface area contributed by atoms with Crippen molar-refractivity contribution < 1.29 is 4.79 Å². The highest BCUT2D eigenvalue weighted by Crippen LogP contribution is 2.27. The van der Waals surface area contributed by atoms with Crippen LogP contribution in [0.2, 0.25) is 0 Å². The molecule has 0 amide bonds. The molecule has 1 aromatic carbocycles. The van der Waals surface area contributed by atoms with E-state index in [4.69, 9.17) is 0 Å². The van der Waals surface area contributed by atoms with Crippen LogP contribution in [0.15, 0.2) is 18.2 Å². The number of hydrogen-bond acceptors (Lipinski definition) is 3. The van der Waals surface area contributed by atoms with E-state index in [1.807, 2.05) is 13.0 Å². The highest BCUT2D eigenvalue weighted by molar-refractivity contribution is 6.00. The van der Waals surface area contributed by atoms with Gasteiger partial charge in [-0.1, -0.05) is 20.3 Å². The first kappa shape index (κ1) is 16.0. The van der Waals surface area contributed by atoms with E-state index in [9.17, 15) is 4.79 Å². The van der Waals surface area contributed by atoms with Crippen LogP contribution in [0.3, 0.4) is 0 Å². The van der Waals surface area contributed by atoms with Gasteiger partial charge in [0.2, 0.25) is 0 Å². The Morgan fingerprint density at radius 1 is 1.43 bits per heavy atom. The molecule has 2 atom stereocenters. The second-order valence-electron chi connectivity index (χ2n) is 6.14. The van der Waals surface area contributed by atoms with Gasteiger partial charge in [-0.2, -0.15) is 0 Å². The normalized spacial score (nSPS) is 18.4. The van der Waals surface area contributed by atoms with Gasteiger partial charge in [-0.25, -0.2) is 0 Å². The number of rotatable bonds is 7. The van der Waals surface area contributed by atoms with Crippen LogP contribution in [0.25, 0.3) is 0 Å². The van der Waals surface area contributed by atoms with Crippen molar-refractivity contribution in [2.24, 2.45) is 0 Å². The van der Waals surface area contributed by atoms with Gasteiger partial charge in [0.1, 0.15) is 0 Å². The summed E-state index contributed by atoms with van der Waals surface area (Å²) in [4.78, 5) is 15.0. The molecule has 116 valence electrons. The van der Waals surface area contributed by atoms with E-state index < -0.39 is 0 Å². The van der Waals surface area contributed by atoms with Gasteiger partial charge < -0.3 is 5.32 Å². The Hall–Kier alpha value is -1.35. The fourth-order valence-electron chi connectivity index (χ4n) is 3.10. The van der Waals surface area contributed by atoms with Gasteiger partial charge in [0.15, 0.2) is 5.78 Å². The SMILES string of the molecule is CCCCN(CC)C(C)C(=O)c1ccc2c(c1)CC(C)N2. The molecule has 1 N–H and O–H groups in total. The van der Waals surface area contributed by atoms with Gasteiger partial charge in [0, 0.05) is 17.3 Å². The summed E-state index contributed by atoms with van der Waals surface area (Å²) >= 11 is 0. The summed E-state index contributed by atoms with van der Waals surface area (Å²) in [6.45, 7) is 10.5. The lowest BCUT2D eigenvalue weighted by atomic mass is 10.00. The minimum Gasteiger partial charge on any atom is -0.382 e. The van der Waals surface area contributed by atoms with Crippen molar-refractivity contribution in [3.63, 3.8) is 0 Å². The molecule has 3 nitrogen and oxygen atoms in total. The molecule has 0 bridgehead atoms. The van der Waals surface area contributed by atoms with Crippen molar-refractivity contribution in [2.45, 2.75) is 59.0 Å². The molecule has 21 heavy (non-hydrogen) atoms. The smallest absolute Gasteiger partial charge is 0.179 e. The highest BCUT2D eigenvalue weighted by atomic mass is 16.1. The Labute approximate surface area is 128 Å². The first-order chi connectivity index (χ1) is 10.1. The van der Waals surface area contributed by atoms with Crippen molar-refractivity contribution >= 4 is 11.5 Å². The van der Waals surface area contributed by atoms with Crippen molar-refractivity contribution in [3.8, 4) is 0 Å². The highest BCUT2D eigenvalue weighted by Gasteiger charge is 2.23. The van der Waals surface area contributed by atoms with Crippen LogP contribution >= 0.6 is 0 Å². The monoisotopic (exact) mass is 288 g/mol. The minimum absolute atomic E-state index is 0.0358. The zero-order valence-corrected chi connectivity index (χ0v) is 13.8. The number of anilines is 1. The molecule has 0 fully saturated rings. The Balaban J connectivity index is 2.10. The number of benzene rings is 1. The van der Waals surface area contributed by atoms with Crippen LogP contribution in [-0.4, -0.2) is 35.9 Å². The predicted molar refractivity (Wildman–Crippen MR) is 89.2 cm³/mol. The van der Waals surface area contributed by atoms with E-state index >= 15 is 0 Å². The number of carbonyl (C=O) groups excluding carboxylic acids is 1. The first-order valence-electron chi connectivity index (χ1n) is 8.24. The number of Topliss-reactive ketones (excluding diaryl/α,β-unsaturated/α-hetero) is 1. The van der Waals surface area contributed by atoms with E-state index in [1.165, 1.54) is 17.7 Å². The summed E-state index contributed by atoms with van der Waals surface area (Å²) in [5.74, 6) is 0.246. The second kappa shape index (κ2) is 7.08. The van der Waals surface area contributed by atoms with Crippen LogP contribution in [-0.2, 0) is 6.42 Å². The van der Waals surface area contributed by atoms with Gasteiger partial charge in [-0.15, -0.1) is 0 Å². The predicted octanol–water partition coefficient (Wildman–Crippen LogP) is 3.74. The molecule has 0 saturated carbocycles. The van der Waals surface area contributed by atoms with Crippen molar-refractivity contribution in [2.75, 3.05) is 18.4 Å². The molecule has 0 aromatic heterocycles. The summed E-state index contributed by atoms with van der Waals surface area (Å²) in [7, 11) is 0. The number of fused-ring (bicyclic) bond motifs is 1. The lowest BCUT2D eigenvalue weighted by Gasteiger charge is -2.26. The Morgan fingerprint density at radius 3 is 2.86 bits per heavy atom. The standard InChI is InChI=1S/C18H28N2O/c1-5-7-10-20(6-2)14(4)18(21)15-8-9-17-16(12-15)11-13(3)19-17/h8-9,12-14,19H,5-7,10-11H2,1-4H3. The molecular weight excluding hydrogens is 260 g/mol. The van der Waals surface area contributed by atoms with Gasteiger partial charge in [0.25, 0.3) is 0 Å². The molecule has 0 aliphatic carbocycles. The summed E-state index contributed by atoms with van der Waals surface area (Å²) in [5, 5.41) is 3.43. The Kier molecular flexibility index (Phi) is 5.40. The van der Waals surface area contributed by atoms with E-state index in [-0.39, 0.29) is 11.8 Å². The molecule has 1 heterocycles. The van der Waals surface area contributed by atoms with Crippen LogP contribution in [0.1, 0.15) is 56.5 Å². The fourth-order valence-corrected chi connectivity index (χ4v) is 3.10. The summed E-state index contributed by atoms with van der Waals surface area (Å²) in [6, 6.07) is 6.54. The maximum Gasteiger partial charge on any atom is 0.179 e. The molecule has 1 aliphatic rings. The number of nitrogens with zero attached hydrogens (tertiary/aromatic N) is 1. The molecule has 3 heteroatoms. The molecule has 0 spiro atoms. The lowest BCUT2D eigenvalue weighted by molar-refractivity contribution is 0.0843. The van der Waals surface area contributed by atoms with Crippen LogP contribution in [0.5, 0.6) is 0 Å². The van der Waals surface area contributed by atoms with Crippen molar-refractivity contribution in [3.05, 3.63) is 29.3 Å². The van der Waals surface area contributed by atoms with E-state index in [0.717, 1.165) is 31.5 Å². The number of likely N-dealkylation sites (N-methyl/N-ethyl adjacent to an activating group) is 1. The topological polar surface area (TPSA) is 32.3 Å². The quantitative estimate of drug-likeness (QED) is 0.776. The average Bonchev–Trinajstić information content (AvgIpc) is 2.86. The third-order valence-electron chi connectivity index (χ3n) is 4.45. The second-order valence-corrected chi connectivity index (χ2v) is 6.14. The van der Waals surface area contributed by atoms with Gasteiger partial charge in [-0.3, -0.25) is 9.69 Å². The zero-order chi connectivity index (χ0) is 15.4. The number of unbranched alkanes of at least 4 members (excludes halogenated alkanes) is 1. The van der Waals surface area contributed by atoms with E-state index in [1.54, 1.807) is 0 Å². The van der Waals surface area contributed by atoms with Crippen LogP contribution in [0, 0.1) is 0 Å². The van der Waals surface area contributed by atoms with Crippen LogP contribution in [0.4, 0.5) is 5.69 Å². The lowest BCUT2D eigenvalue weighted by Crippen LogP contribution is -2.39. The minimum atomic E-state index is -0.0358. The largest absolute Gasteiger partial charge is 0.382 e. The molecule has 0 saturated heterocycles. The van der Waals surface area contributed by atoms with Crippen molar-refractivity contribution in [1.29, 1.82) is 0 Å². The van der Waals surface area contributed by atoms with Gasteiger partial charge >= 0.3 is 0 Å². The first-order valence-corrected chi connectivity index (χ1v) is 8.24.